The van der Waals surface area contributed by atoms with Crippen molar-refractivity contribution < 1.29 is 29.0 Å². The fourth-order valence-electron chi connectivity index (χ4n) is 7.61. The minimum absolute atomic E-state index is 0. The van der Waals surface area contributed by atoms with Crippen molar-refractivity contribution in [1.82, 2.24) is 40.0 Å². The fourth-order valence-corrected chi connectivity index (χ4v) is 9.72. The number of aromatic carboxylic acids is 1. The number of nitrogens with one attached hydrogen (secondary N) is 4. The summed E-state index contributed by atoms with van der Waals surface area (Å²) in [6.45, 7) is 9.39. The van der Waals surface area contributed by atoms with E-state index in [1.807, 2.05) is 113 Å². The molecule has 23 heteroatoms. The number of halogens is 4. The van der Waals surface area contributed by atoms with Crippen LogP contribution >= 0.6 is 66.4 Å². The number of nitrogens with two attached hydrogens (primary N) is 1. The normalized spacial score (nSPS) is 13.9. The number of ether oxygens (including phenoxy) is 2. The van der Waals surface area contributed by atoms with Crippen molar-refractivity contribution in [2.75, 3.05) is 37.4 Å². The number of hydrogen-bond acceptors (Lipinski definition) is 16. The molecule has 3 aliphatic rings. The number of carboxylic acid groups (broad SMARTS) is 1. The summed E-state index contributed by atoms with van der Waals surface area (Å²) in [4.78, 5) is 57.3. The zero-order valence-corrected chi connectivity index (χ0v) is 50.4. The van der Waals surface area contributed by atoms with Crippen LogP contribution in [0.3, 0.4) is 0 Å². The molecule has 9 aromatic rings. The molecule has 2 fully saturated rings. The lowest BCUT2D eigenvalue weighted by molar-refractivity contribution is 0.0522. The van der Waals surface area contributed by atoms with Crippen LogP contribution in [0.4, 0.5) is 27.8 Å². The van der Waals surface area contributed by atoms with Gasteiger partial charge in [-0.05, 0) is 166 Å². The van der Waals surface area contributed by atoms with Gasteiger partial charge in [-0.25, -0.2) is 29.5 Å². The van der Waals surface area contributed by atoms with Crippen LogP contribution < -0.4 is 21.7 Å². The molecule has 18 nitrogen and oxygen atoms in total. The third-order valence-corrected chi connectivity index (χ3v) is 14.4. The van der Waals surface area contributed by atoms with Gasteiger partial charge in [0.1, 0.15) is 22.1 Å². The van der Waals surface area contributed by atoms with Crippen LogP contribution in [-0.2, 0) is 9.47 Å². The molecule has 0 radical (unpaired) electrons. The van der Waals surface area contributed by atoms with Gasteiger partial charge in [-0.15, -0.1) is 11.3 Å². The average Bonchev–Trinajstić information content (AvgIpc) is 4.41. The summed E-state index contributed by atoms with van der Waals surface area (Å²) in [5.74, 6) is 0.452. The molecule has 0 amide bonds. The van der Waals surface area contributed by atoms with Crippen molar-refractivity contribution in [2.45, 2.75) is 85.9 Å². The molecule has 4 aromatic carbocycles. The maximum Gasteiger partial charge on any atom is 0.435 e. The van der Waals surface area contributed by atoms with Crippen LogP contribution in [0, 0.1) is 0 Å². The number of aliphatic imine (C=N–C) groups is 1. The predicted octanol–water partition coefficient (Wildman–Crippen LogP) is 15.6. The van der Waals surface area contributed by atoms with E-state index in [4.69, 9.17) is 43.5 Å². The third kappa shape index (κ3) is 21.0. The fraction of sp³-hybridized carbons (Fsp3) is 0.283. The number of aromatic nitrogens is 7. The Morgan fingerprint density at radius 1 is 0.819 bits per heavy atom. The Balaban J connectivity index is 0.000000192. The van der Waals surface area contributed by atoms with Gasteiger partial charge in [0.05, 0.1) is 30.6 Å². The first-order chi connectivity index (χ1) is 38.8. The SMILES string of the molecule is C.C.CC(=O)c1cc2ccc(Br)cc2[nH]1.CC(C)(C)OC(=O)n1ncc2cc(Nc3ccnc(Cl)n3)ccc21.CNC1CCC1.Clc1nccc(Nc2ccc(C3=CCN=C3)cc2)n1.NC1CCOC1.O=C(O)c1cc2ccc(Br)cc2s1. The van der Waals surface area contributed by atoms with Crippen LogP contribution in [0.1, 0.15) is 94.0 Å². The highest BCUT2D eigenvalue weighted by molar-refractivity contribution is 9.10. The Labute approximate surface area is 514 Å². The first kappa shape index (κ1) is 66.8. The van der Waals surface area contributed by atoms with Gasteiger partial charge in [0, 0.05) is 85.5 Å². The largest absolute Gasteiger partial charge is 0.477 e. The maximum absolute atomic E-state index is 12.2. The van der Waals surface area contributed by atoms with Crippen molar-refractivity contribution in [3.05, 3.63) is 163 Å². The molecular formula is C60H68Br2Cl2N12O6S. The van der Waals surface area contributed by atoms with E-state index in [1.165, 1.54) is 35.3 Å². The molecule has 5 aromatic heterocycles. The van der Waals surface area contributed by atoms with Gasteiger partial charge in [-0.3, -0.25) is 9.79 Å². The van der Waals surface area contributed by atoms with Gasteiger partial charge in [-0.1, -0.05) is 83.5 Å². The summed E-state index contributed by atoms with van der Waals surface area (Å²) < 4.78 is 14.5. The molecule has 7 heterocycles. The number of carbonyl (C=O) groups excluding carboxylic acids is 2. The van der Waals surface area contributed by atoms with Crippen LogP contribution in [0.5, 0.6) is 0 Å². The second-order valence-corrected chi connectivity index (χ2v) is 22.9. The lowest BCUT2D eigenvalue weighted by Gasteiger charge is -2.23. The molecule has 1 saturated carbocycles. The predicted molar refractivity (Wildman–Crippen MR) is 346 cm³/mol. The maximum atomic E-state index is 12.2. The Kier molecular flexibility index (Phi) is 25.9. The minimum atomic E-state index is -0.864. The minimum Gasteiger partial charge on any atom is -0.477 e. The zero-order valence-electron chi connectivity index (χ0n) is 44.9. The number of Topliss-reactive ketones (excluding diaryl/α,β-unsaturated/α-hetero) is 1. The first-order valence-corrected chi connectivity index (χ1v) is 28.7. The summed E-state index contributed by atoms with van der Waals surface area (Å²) in [6.07, 6.45) is 13.6. The monoisotopic (exact) mass is 1310 g/mol. The first-order valence-electron chi connectivity index (χ1n) is 25.5. The van der Waals surface area contributed by atoms with Gasteiger partial charge in [0.15, 0.2) is 5.78 Å². The zero-order chi connectivity index (χ0) is 58.1. The molecule has 12 rings (SSSR count). The molecule has 0 bridgehead atoms. The number of aromatic amines is 1. The molecular weight excluding hydrogens is 1250 g/mol. The van der Waals surface area contributed by atoms with Crippen molar-refractivity contribution in [1.29, 1.82) is 0 Å². The van der Waals surface area contributed by atoms with Crippen LogP contribution in [0.2, 0.25) is 10.6 Å². The highest BCUT2D eigenvalue weighted by Gasteiger charge is 2.20. The topological polar surface area (TPSA) is 250 Å². The molecule has 7 N–H and O–H groups in total. The lowest BCUT2D eigenvalue weighted by Crippen LogP contribution is -2.31. The van der Waals surface area contributed by atoms with Gasteiger partial charge >= 0.3 is 12.1 Å². The lowest BCUT2D eigenvalue weighted by atomic mass is 9.94. The van der Waals surface area contributed by atoms with E-state index in [2.05, 4.69) is 88.9 Å². The van der Waals surface area contributed by atoms with Crippen molar-refractivity contribution in [3.8, 4) is 0 Å². The number of anilines is 4. The van der Waals surface area contributed by atoms with Gasteiger partial charge in [0.25, 0.3) is 0 Å². The van der Waals surface area contributed by atoms with E-state index in [9.17, 15) is 14.4 Å². The summed E-state index contributed by atoms with van der Waals surface area (Å²) in [5.41, 5.74) is 11.2. The van der Waals surface area contributed by atoms with E-state index in [1.54, 1.807) is 49.8 Å². The molecule has 1 unspecified atom stereocenters. The second kappa shape index (κ2) is 32.2. The molecule has 1 aliphatic carbocycles. The Bertz CT molecular complexity index is 3560. The van der Waals surface area contributed by atoms with E-state index in [0.29, 0.717) is 33.8 Å². The van der Waals surface area contributed by atoms with Crippen molar-refractivity contribution in [2.24, 2.45) is 10.7 Å². The summed E-state index contributed by atoms with van der Waals surface area (Å²) >= 11 is 19.5. The number of benzene rings is 4. The number of fused-ring (bicyclic) bond motifs is 3. The quantitative estimate of drug-likeness (QED) is 0.0611. The molecule has 0 spiro atoms. The molecule has 1 atom stereocenters. The number of hydrogen-bond donors (Lipinski definition) is 6. The number of carboxylic acids is 1. The highest BCUT2D eigenvalue weighted by Crippen LogP contribution is 2.29. The third-order valence-electron chi connectivity index (χ3n) is 11.9. The molecule has 2 aliphatic heterocycles. The van der Waals surface area contributed by atoms with E-state index in [0.717, 1.165) is 90.1 Å². The number of carbonyl (C=O) groups is 3. The summed E-state index contributed by atoms with van der Waals surface area (Å²) in [6, 6.07) is 33.4. The number of rotatable bonds is 8. The van der Waals surface area contributed by atoms with E-state index < -0.39 is 17.7 Å². The molecule has 1 saturated heterocycles. The molecule has 438 valence electrons. The Morgan fingerprint density at radius 3 is 1.98 bits per heavy atom. The highest BCUT2D eigenvalue weighted by atomic mass is 79.9. The van der Waals surface area contributed by atoms with Crippen molar-refractivity contribution >= 4 is 151 Å². The number of ketones is 1. The van der Waals surface area contributed by atoms with Crippen LogP contribution in [-0.4, -0.2) is 108 Å². The Morgan fingerprint density at radius 2 is 1.46 bits per heavy atom. The van der Waals surface area contributed by atoms with E-state index >= 15 is 0 Å². The van der Waals surface area contributed by atoms with Gasteiger partial charge in [0.2, 0.25) is 10.6 Å². The average molecular weight is 1320 g/mol. The number of allylic oxidation sites excluding steroid dienone is 1. The number of H-pyrrole nitrogens is 1. The van der Waals surface area contributed by atoms with Crippen molar-refractivity contribution in [3.63, 3.8) is 0 Å². The van der Waals surface area contributed by atoms with Gasteiger partial charge in [-0.2, -0.15) is 9.78 Å². The number of nitrogens with zero attached hydrogens (tertiary/aromatic N) is 7. The summed E-state index contributed by atoms with van der Waals surface area (Å²) in [5, 5.41) is 25.6. The van der Waals surface area contributed by atoms with Gasteiger partial charge < -0.3 is 41.2 Å². The molecule has 83 heavy (non-hydrogen) atoms. The number of thiophene rings is 1. The smallest absolute Gasteiger partial charge is 0.435 e. The van der Waals surface area contributed by atoms with E-state index in [-0.39, 0.29) is 31.2 Å². The standard InChI is InChI=1S/C16H16ClN5O2.C14H11ClN4.C10H8BrNO.C9H5BrO2S.C5H11N.C4H9NO.2CH4/c1-16(2,3)24-15(23)22-12-5-4-11(8-10(12)9-19-22)20-13-6-7-18-14(17)21-13;15-14-17-8-6-13(19-14)18-12-3-1-10(2-4-12)11-5-7-16-9-11;1-6(13)9-4-7-2-3-8(11)5-10(7)12-9;10-6-2-1-5-3-8(9(11)12)13-7(5)4-6;1-6-5-3-2-4-5;5-4-1-2-6-3-4;;/h4-9H,1-3H3,(H,18,20,21);1-6,8-9H,7H2,(H,17,18,19);2-5,12H,1H3;1-4H,(H,11,12);5-6H,2-4H2,1H3;4H,1-3,5H2;2*1H4. The second-order valence-electron chi connectivity index (χ2n) is 19.3. The van der Waals surface area contributed by atoms with Crippen LogP contribution in [0.25, 0.3) is 37.5 Å². The Hall–Kier alpha value is -6.95. The van der Waals surface area contributed by atoms with Crippen LogP contribution in [0.15, 0.2) is 142 Å². The summed E-state index contributed by atoms with van der Waals surface area (Å²) in [7, 11) is 2.03.